The molecule has 5 nitrogen and oxygen atoms in total. The number of rotatable bonds is 7. The second-order valence-corrected chi connectivity index (χ2v) is 5.85. The normalized spacial score (nSPS) is 13.7. The minimum Gasteiger partial charge on any atom is -0.440 e. The second-order valence-electron chi connectivity index (χ2n) is 5.85. The molecule has 1 aromatic carbocycles. The summed E-state index contributed by atoms with van der Waals surface area (Å²) in [6.07, 6.45) is -5.07. The first-order chi connectivity index (χ1) is 11.6. The average molecular weight is 360 g/mol. The van der Waals surface area contributed by atoms with Crippen LogP contribution in [0.15, 0.2) is 24.3 Å². The van der Waals surface area contributed by atoms with Crippen LogP contribution < -0.4 is 10.6 Å². The largest absolute Gasteiger partial charge is 0.440 e. The smallest absolute Gasteiger partial charge is 0.422 e. The van der Waals surface area contributed by atoms with Crippen molar-refractivity contribution in [3.8, 4) is 0 Å². The van der Waals surface area contributed by atoms with E-state index in [-0.39, 0.29) is 18.4 Å². The fourth-order valence-corrected chi connectivity index (χ4v) is 2.14. The molecular weight excluding hydrogens is 337 g/mol. The van der Waals surface area contributed by atoms with Crippen LogP contribution in [0.2, 0.25) is 0 Å². The van der Waals surface area contributed by atoms with E-state index in [1.165, 1.54) is 0 Å². The minimum absolute atomic E-state index is 0.0596. The maximum atomic E-state index is 12.2. The summed E-state index contributed by atoms with van der Waals surface area (Å²) in [4.78, 5) is 23.8. The Morgan fingerprint density at radius 3 is 2.44 bits per heavy atom. The third-order valence-corrected chi connectivity index (χ3v) is 3.87. The first-order valence-corrected chi connectivity index (χ1v) is 7.98. The number of aryl methyl sites for hydroxylation is 1. The summed E-state index contributed by atoms with van der Waals surface area (Å²) < 4.78 is 40.4. The van der Waals surface area contributed by atoms with E-state index in [9.17, 15) is 22.8 Å². The van der Waals surface area contributed by atoms with E-state index in [1.807, 2.05) is 19.9 Å². The molecule has 0 aliphatic rings. The van der Waals surface area contributed by atoms with Crippen LogP contribution in [0, 0.1) is 12.8 Å². The van der Waals surface area contributed by atoms with Crippen LogP contribution in [-0.2, 0) is 4.74 Å². The van der Waals surface area contributed by atoms with Crippen molar-refractivity contribution >= 4 is 12.0 Å². The predicted octanol–water partition coefficient (Wildman–Crippen LogP) is 3.43. The van der Waals surface area contributed by atoms with E-state index in [0.717, 1.165) is 5.56 Å². The van der Waals surface area contributed by atoms with Gasteiger partial charge in [0.05, 0.1) is 6.04 Å². The Morgan fingerprint density at radius 1 is 1.24 bits per heavy atom. The Balaban J connectivity index is 2.63. The molecule has 2 atom stereocenters. The molecular formula is C17H23F3N2O3. The molecule has 0 aromatic heterocycles. The zero-order valence-electron chi connectivity index (χ0n) is 14.4. The molecule has 140 valence electrons. The van der Waals surface area contributed by atoms with Gasteiger partial charge in [0.25, 0.3) is 5.91 Å². The van der Waals surface area contributed by atoms with Crippen molar-refractivity contribution in [1.29, 1.82) is 0 Å². The molecule has 0 saturated carbocycles. The molecule has 0 bridgehead atoms. The molecule has 25 heavy (non-hydrogen) atoms. The molecule has 1 rings (SSSR count). The highest BCUT2D eigenvalue weighted by molar-refractivity contribution is 5.95. The third kappa shape index (κ3) is 7.45. The molecule has 0 fully saturated rings. The molecule has 2 N–H and O–H groups in total. The molecule has 0 radical (unpaired) electrons. The van der Waals surface area contributed by atoms with Crippen molar-refractivity contribution in [2.75, 3.05) is 13.2 Å². The number of ether oxygens (including phenoxy) is 1. The molecule has 1 aromatic rings. The lowest BCUT2D eigenvalue weighted by atomic mass is 9.99. The zero-order chi connectivity index (χ0) is 19.0. The topological polar surface area (TPSA) is 67.4 Å². The number of alkyl halides is 3. The van der Waals surface area contributed by atoms with Crippen LogP contribution in [0.1, 0.15) is 36.2 Å². The van der Waals surface area contributed by atoms with Gasteiger partial charge in [-0.1, -0.05) is 38.5 Å². The number of hydrogen-bond donors (Lipinski definition) is 2. The van der Waals surface area contributed by atoms with Crippen LogP contribution in [0.25, 0.3) is 0 Å². The van der Waals surface area contributed by atoms with Crippen molar-refractivity contribution in [2.45, 2.75) is 39.4 Å². The number of carbonyl (C=O) groups excluding carboxylic acids is 2. The number of benzene rings is 1. The Labute approximate surface area is 144 Å². The van der Waals surface area contributed by atoms with Gasteiger partial charge in [-0.05, 0) is 24.5 Å². The second kappa shape index (κ2) is 9.29. The molecule has 0 saturated heterocycles. The number of hydrogen-bond acceptors (Lipinski definition) is 3. The SMILES string of the molecule is CC[C@H](C)[C@@H](CNC(=O)c1ccccc1C)NC(=O)OCC(F)(F)F. The molecule has 0 aliphatic heterocycles. The first kappa shape index (κ1) is 20.8. The molecule has 0 spiro atoms. The number of amides is 2. The molecule has 0 heterocycles. The van der Waals surface area contributed by atoms with E-state index >= 15 is 0 Å². The van der Waals surface area contributed by atoms with Gasteiger partial charge in [0.1, 0.15) is 0 Å². The fourth-order valence-electron chi connectivity index (χ4n) is 2.14. The first-order valence-electron chi connectivity index (χ1n) is 7.98. The lowest BCUT2D eigenvalue weighted by Gasteiger charge is -2.24. The van der Waals surface area contributed by atoms with E-state index in [2.05, 4.69) is 15.4 Å². The number of halogens is 3. The summed E-state index contributed by atoms with van der Waals surface area (Å²) in [6.45, 7) is 3.94. The summed E-state index contributed by atoms with van der Waals surface area (Å²) in [5, 5.41) is 5.09. The van der Waals surface area contributed by atoms with Gasteiger partial charge in [-0.3, -0.25) is 4.79 Å². The Hall–Kier alpha value is -2.25. The maximum absolute atomic E-state index is 12.2. The zero-order valence-corrected chi connectivity index (χ0v) is 14.4. The quantitative estimate of drug-likeness (QED) is 0.783. The molecule has 0 aliphatic carbocycles. The predicted molar refractivity (Wildman–Crippen MR) is 87.3 cm³/mol. The van der Waals surface area contributed by atoms with Crippen LogP contribution in [0.3, 0.4) is 0 Å². The van der Waals surface area contributed by atoms with Crippen molar-refractivity contribution < 1.29 is 27.5 Å². The Bertz CT molecular complexity index is 591. The van der Waals surface area contributed by atoms with Crippen molar-refractivity contribution in [3.63, 3.8) is 0 Å². The molecule has 0 unspecified atom stereocenters. The van der Waals surface area contributed by atoms with E-state index < -0.39 is 24.9 Å². The summed E-state index contributed by atoms with van der Waals surface area (Å²) in [6, 6.07) is 6.48. The van der Waals surface area contributed by atoms with Gasteiger partial charge in [0, 0.05) is 12.1 Å². The van der Waals surface area contributed by atoms with Crippen LogP contribution in [-0.4, -0.2) is 37.4 Å². The number of nitrogens with one attached hydrogen (secondary N) is 2. The van der Waals surface area contributed by atoms with Crippen LogP contribution in [0.5, 0.6) is 0 Å². The Kier molecular flexibility index (Phi) is 7.73. The van der Waals surface area contributed by atoms with Gasteiger partial charge < -0.3 is 15.4 Å². The fraction of sp³-hybridized carbons (Fsp3) is 0.529. The highest BCUT2D eigenvalue weighted by atomic mass is 19.4. The third-order valence-electron chi connectivity index (χ3n) is 3.87. The van der Waals surface area contributed by atoms with Crippen molar-refractivity contribution in [1.82, 2.24) is 10.6 Å². The van der Waals surface area contributed by atoms with Crippen molar-refractivity contribution in [2.24, 2.45) is 5.92 Å². The summed E-state index contributed by atoms with van der Waals surface area (Å²) in [5.74, 6) is -0.368. The van der Waals surface area contributed by atoms with Gasteiger partial charge >= 0.3 is 12.3 Å². The number of carbonyl (C=O) groups is 2. The molecule has 2 amide bonds. The van der Waals surface area contributed by atoms with Gasteiger partial charge in [0.2, 0.25) is 0 Å². The number of alkyl carbamates (subject to hydrolysis) is 1. The lowest BCUT2D eigenvalue weighted by Crippen LogP contribution is -2.47. The Morgan fingerprint density at radius 2 is 1.88 bits per heavy atom. The summed E-state index contributed by atoms with van der Waals surface area (Å²) in [7, 11) is 0. The van der Waals surface area contributed by atoms with Gasteiger partial charge in [-0.15, -0.1) is 0 Å². The lowest BCUT2D eigenvalue weighted by molar-refractivity contribution is -0.160. The summed E-state index contributed by atoms with van der Waals surface area (Å²) in [5.41, 5.74) is 1.31. The van der Waals surface area contributed by atoms with Crippen molar-refractivity contribution in [3.05, 3.63) is 35.4 Å². The highest BCUT2D eigenvalue weighted by Crippen LogP contribution is 2.15. The maximum Gasteiger partial charge on any atom is 0.422 e. The van der Waals surface area contributed by atoms with Gasteiger partial charge in [-0.2, -0.15) is 13.2 Å². The monoisotopic (exact) mass is 360 g/mol. The molecule has 8 heteroatoms. The van der Waals surface area contributed by atoms with E-state index in [1.54, 1.807) is 25.1 Å². The van der Waals surface area contributed by atoms with Gasteiger partial charge in [-0.25, -0.2) is 4.79 Å². The minimum atomic E-state index is -4.58. The van der Waals surface area contributed by atoms with Crippen LogP contribution >= 0.6 is 0 Å². The van der Waals surface area contributed by atoms with Crippen LogP contribution in [0.4, 0.5) is 18.0 Å². The van der Waals surface area contributed by atoms with E-state index in [0.29, 0.717) is 12.0 Å². The highest BCUT2D eigenvalue weighted by Gasteiger charge is 2.30. The summed E-state index contributed by atoms with van der Waals surface area (Å²) >= 11 is 0. The van der Waals surface area contributed by atoms with E-state index in [4.69, 9.17) is 0 Å². The standard InChI is InChI=1S/C17H23F3N2O3/c1-4-11(2)14(22-16(24)25-10-17(18,19)20)9-21-15(23)13-8-6-5-7-12(13)3/h5-8,11,14H,4,9-10H2,1-3H3,(H,21,23)(H,22,24)/t11-,14+/m0/s1. The van der Waals surface area contributed by atoms with Gasteiger partial charge in [0.15, 0.2) is 6.61 Å². The average Bonchev–Trinajstić information content (AvgIpc) is 2.55.